The van der Waals surface area contributed by atoms with Crippen molar-refractivity contribution in [3.63, 3.8) is 0 Å². The van der Waals surface area contributed by atoms with Crippen LogP contribution < -0.4 is 10.2 Å². The molecule has 0 spiro atoms. The summed E-state index contributed by atoms with van der Waals surface area (Å²) in [5.41, 5.74) is 2.26. The molecule has 2 aromatic rings. The number of fused-ring (bicyclic) bond motifs is 3. The lowest BCUT2D eigenvalue weighted by molar-refractivity contribution is -0.133. The van der Waals surface area contributed by atoms with Crippen molar-refractivity contribution < 1.29 is 19.1 Å². The highest BCUT2D eigenvalue weighted by molar-refractivity contribution is 6.18. The second kappa shape index (κ2) is 8.39. The summed E-state index contributed by atoms with van der Waals surface area (Å²) in [6.45, 7) is 1.85. The summed E-state index contributed by atoms with van der Waals surface area (Å²) in [7, 11) is 0. The number of hydrogen-bond acceptors (Lipinski definition) is 4. The fourth-order valence-electron chi connectivity index (χ4n) is 5.23. The monoisotopic (exact) mass is 433 g/mol. The van der Waals surface area contributed by atoms with Crippen LogP contribution in [0.2, 0.25) is 0 Å². The third kappa shape index (κ3) is 3.66. The number of para-hydroxylation sites is 1. The highest BCUT2D eigenvalue weighted by atomic mass is 16.5. The second-order valence-corrected chi connectivity index (χ2v) is 8.87. The molecule has 2 aliphatic heterocycles. The molecule has 4 unspecified atom stereocenters. The quantitative estimate of drug-likeness (QED) is 0.797. The molecule has 0 bridgehead atoms. The Balaban J connectivity index is 1.44. The number of anilines is 2. The van der Waals surface area contributed by atoms with Crippen LogP contribution in [0.1, 0.15) is 31.2 Å². The lowest BCUT2D eigenvalue weighted by Crippen LogP contribution is -2.65. The fourth-order valence-corrected chi connectivity index (χ4v) is 5.23. The summed E-state index contributed by atoms with van der Waals surface area (Å²) in [5.74, 6) is -0.551. The van der Waals surface area contributed by atoms with Crippen LogP contribution in [0.15, 0.2) is 54.6 Å². The first-order chi connectivity index (χ1) is 15.5. The van der Waals surface area contributed by atoms with Gasteiger partial charge in [0.25, 0.3) is 5.91 Å². The van der Waals surface area contributed by atoms with E-state index in [1.807, 2.05) is 37.3 Å². The Labute approximate surface area is 187 Å². The summed E-state index contributed by atoms with van der Waals surface area (Å²) >= 11 is 0. The highest BCUT2D eigenvalue weighted by Gasteiger charge is 2.57. The number of amides is 4. The summed E-state index contributed by atoms with van der Waals surface area (Å²) < 4.78 is 6.21. The van der Waals surface area contributed by atoms with E-state index in [1.165, 1.54) is 0 Å². The first-order valence-corrected chi connectivity index (χ1v) is 11.2. The third-order valence-electron chi connectivity index (χ3n) is 6.75. The van der Waals surface area contributed by atoms with Crippen molar-refractivity contribution >= 4 is 29.2 Å². The number of urea groups is 1. The number of carbonyl (C=O) groups is 3. The molecular formula is C25H27N3O4. The van der Waals surface area contributed by atoms with Gasteiger partial charge in [-0.05, 0) is 44.0 Å². The number of rotatable bonds is 4. The van der Waals surface area contributed by atoms with Gasteiger partial charge in [-0.15, -0.1) is 0 Å². The van der Waals surface area contributed by atoms with Crippen LogP contribution >= 0.6 is 0 Å². The smallest absolute Gasteiger partial charge is 0.332 e. The van der Waals surface area contributed by atoms with Crippen molar-refractivity contribution in [1.82, 2.24) is 4.90 Å². The summed E-state index contributed by atoms with van der Waals surface area (Å²) in [4.78, 5) is 42.6. The molecule has 4 atom stereocenters. The fraction of sp³-hybridized carbons (Fsp3) is 0.400. The van der Waals surface area contributed by atoms with Crippen LogP contribution in [0.5, 0.6) is 0 Å². The molecule has 7 heteroatoms. The van der Waals surface area contributed by atoms with Gasteiger partial charge in [-0.2, -0.15) is 0 Å². The predicted molar refractivity (Wildman–Crippen MR) is 120 cm³/mol. The second-order valence-electron chi connectivity index (χ2n) is 8.87. The number of hydrogen-bond donors (Lipinski definition) is 1. The Morgan fingerprint density at radius 3 is 2.50 bits per heavy atom. The van der Waals surface area contributed by atoms with Crippen molar-refractivity contribution in [2.45, 2.75) is 50.9 Å². The minimum absolute atomic E-state index is 0.0473. The zero-order valence-electron chi connectivity index (χ0n) is 18.1. The van der Waals surface area contributed by atoms with Crippen LogP contribution in [0.25, 0.3) is 0 Å². The van der Waals surface area contributed by atoms with Crippen LogP contribution in [-0.2, 0) is 14.3 Å². The van der Waals surface area contributed by atoms with Gasteiger partial charge < -0.3 is 15.0 Å². The number of nitrogens with one attached hydrogen (secondary N) is 1. The maximum atomic E-state index is 13.6. The van der Waals surface area contributed by atoms with Gasteiger partial charge in [0.2, 0.25) is 5.91 Å². The molecular weight excluding hydrogens is 406 g/mol. The number of aryl methyl sites for hydroxylation is 1. The summed E-state index contributed by atoms with van der Waals surface area (Å²) in [5, 5.41) is 2.88. The Hall–Kier alpha value is -3.19. The van der Waals surface area contributed by atoms with Crippen LogP contribution in [0.3, 0.4) is 0 Å². The van der Waals surface area contributed by atoms with E-state index in [2.05, 4.69) is 5.32 Å². The van der Waals surface area contributed by atoms with Crippen LogP contribution in [-0.4, -0.2) is 47.5 Å². The molecule has 5 rings (SSSR count). The van der Waals surface area contributed by atoms with E-state index in [0.717, 1.165) is 36.1 Å². The maximum Gasteiger partial charge on any atom is 0.332 e. The maximum absolute atomic E-state index is 13.6. The van der Waals surface area contributed by atoms with Crippen molar-refractivity contribution in [2.75, 3.05) is 16.8 Å². The molecule has 166 valence electrons. The molecule has 32 heavy (non-hydrogen) atoms. The van der Waals surface area contributed by atoms with E-state index in [1.54, 1.807) is 29.2 Å². The minimum atomic E-state index is -0.742. The number of benzene rings is 2. The van der Waals surface area contributed by atoms with E-state index in [4.69, 9.17) is 4.74 Å². The molecule has 2 aromatic carbocycles. The summed E-state index contributed by atoms with van der Waals surface area (Å²) in [6.07, 6.45) is 3.09. The molecule has 1 saturated carbocycles. The van der Waals surface area contributed by atoms with Gasteiger partial charge in [0.05, 0.1) is 17.8 Å². The average Bonchev–Trinajstić information content (AvgIpc) is 3.19. The largest absolute Gasteiger partial charge is 0.363 e. The molecule has 1 aliphatic carbocycles. The Kier molecular flexibility index (Phi) is 5.43. The molecule has 1 N–H and O–H groups in total. The number of nitrogens with zero attached hydrogens (tertiary/aromatic N) is 2. The molecule has 7 nitrogen and oxygen atoms in total. The Morgan fingerprint density at radius 1 is 1.03 bits per heavy atom. The Morgan fingerprint density at radius 2 is 1.75 bits per heavy atom. The lowest BCUT2D eigenvalue weighted by atomic mass is 9.81. The lowest BCUT2D eigenvalue weighted by Gasteiger charge is -2.42. The summed E-state index contributed by atoms with van der Waals surface area (Å²) in [6, 6.07) is 15.5. The Bertz CT molecular complexity index is 1020. The van der Waals surface area contributed by atoms with Gasteiger partial charge in [0.15, 0.2) is 6.10 Å². The molecule has 3 aliphatic rings. The minimum Gasteiger partial charge on any atom is -0.363 e. The SMILES string of the molecule is Cc1ccc(NC(=O)CN2C(=O)N(c3ccccc3)C(=O)C3OC4CCCCC4C32)cc1. The van der Waals surface area contributed by atoms with E-state index >= 15 is 0 Å². The normalized spacial score (nSPS) is 27.2. The van der Waals surface area contributed by atoms with E-state index in [-0.39, 0.29) is 30.4 Å². The van der Waals surface area contributed by atoms with Crippen molar-refractivity contribution in [3.05, 3.63) is 60.2 Å². The van der Waals surface area contributed by atoms with Gasteiger partial charge in [-0.1, -0.05) is 48.7 Å². The predicted octanol–water partition coefficient (Wildman–Crippen LogP) is 3.73. The van der Waals surface area contributed by atoms with Gasteiger partial charge >= 0.3 is 6.03 Å². The van der Waals surface area contributed by atoms with E-state index in [0.29, 0.717) is 11.4 Å². The molecule has 4 amide bonds. The number of imide groups is 1. The zero-order chi connectivity index (χ0) is 22.2. The molecule has 2 saturated heterocycles. The topological polar surface area (TPSA) is 79.0 Å². The molecule has 3 fully saturated rings. The zero-order valence-corrected chi connectivity index (χ0v) is 18.1. The van der Waals surface area contributed by atoms with Crippen molar-refractivity contribution in [2.24, 2.45) is 5.92 Å². The van der Waals surface area contributed by atoms with Gasteiger partial charge in [-0.3, -0.25) is 9.59 Å². The highest BCUT2D eigenvalue weighted by Crippen LogP contribution is 2.43. The number of ether oxygens (including phenoxy) is 1. The molecule has 0 aromatic heterocycles. The van der Waals surface area contributed by atoms with Crippen LogP contribution in [0.4, 0.5) is 16.2 Å². The first kappa shape index (κ1) is 20.7. The third-order valence-corrected chi connectivity index (χ3v) is 6.75. The van der Waals surface area contributed by atoms with E-state index < -0.39 is 18.2 Å². The molecule has 0 radical (unpaired) electrons. The average molecular weight is 434 g/mol. The standard InChI is InChI=1S/C25H27N3O4/c1-16-11-13-17(14-12-16)26-21(29)15-27-22-19-9-5-6-10-20(19)32-23(22)24(30)28(25(27)31)18-7-3-2-4-8-18/h2-4,7-8,11-14,19-20,22-23H,5-6,9-10,15H2,1H3,(H,26,29). The van der Waals surface area contributed by atoms with Gasteiger partial charge in [-0.25, -0.2) is 9.69 Å². The van der Waals surface area contributed by atoms with Crippen LogP contribution in [0, 0.1) is 12.8 Å². The molecule has 2 heterocycles. The first-order valence-electron chi connectivity index (χ1n) is 11.2. The number of carbonyl (C=O) groups excluding carboxylic acids is 3. The van der Waals surface area contributed by atoms with E-state index in [9.17, 15) is 14.4 Å². The van der Waals surface area contributed by atoms with Crippen molar-refractivity contribution in [1.29, 1.82) is 0 Å². The van der Waals surface area contributed by atoms with Gasteiger partial charge in [0, 0.05) is 11.6 Å². The van der Waals surface area contributed by atoms with Crippen molar-refractivity contribution in [3.8, 4) is 0 Å². The van der Waals surface area contributed by atoms with Gasteiger partial charge in [0.1, 0.15) is 6.54 Å².